The molecule has 4 rings (SSSR count). The summed E-state index contributed by atoms with van der Waals surface area (Å²) >= 11 is 0. The van der Waals surface area contributed by atoms with Crippen LogP contribution in [0.1, 0.15) is 56.6 Å². The van der Waals surface area contributed by atoms with Crippen LogP contribution in [0.4, 0.5) is 0 Å². The van der Waals surface area contributed by atoms with E-state index in [9.17, 15) is 4.79 Å². The molecule has 3 aliphatic rings. The predicted molar refractivity (Wildman–Crippen MR) is 87.9 cm³/mol. The zero-order chi connectivity index (χ0) is 15.3. The second kappa shape index (κ2) is 4.97. The van der Waals surface area contributed by atoms with Gasteiger partial charge in [-0.1, -0.05) is 18.6 Å². The van der Waals surface area contributed by atoms with Crippen LogP contribution in [0.25, 0.3) is 5.57 Å². The number of fused-ring (bicyclic) bond motifs is 4. The first-order valence-corrected chi connectivity index (χ1v) is 8.56. The molecule has 1 saturated carbocycles. The highest BCUT2D eigenvalue weighted by molar-refractivity contribution is 5.88. The van der Waals surface area contributed by atoms with Gasteiger partial charge in [0, 0.05) is 11.8 Å². The molecule has 3 aliphatic carbocycles. The summed E-state index contributed by atoms with van der Waals surface area (Å²) in [7, 11) is 1.73. The monoisotopic (exact) mass is 296 g/mol. The molecule has 0 heterocycles. The SMILES string of the molecule is COc1ccc2c(c1)CCC1=C2CC[C@]2(C)C(=O)CCC[C@@H]12. The average molecular weight is 296 g/mol. The summed E-state index contributed by atoms with van der Waals surface area (Å²) in [5.74, 6) is 1.96. The lowest BCUT2D eigenvalue weighted by atomic mass is 9.56. The Balaban J connectivity index is 1.80. The summed E-state index contributed by atoms with van der Waals surface area (Å²) < 4.78 is 5.37. The number of ketones is 1. The van der Waals surface area contributed by atoms with Gasteiger partial charge in [0.25, 0.3) is 0 Å². The van der Waals surface area contributed by atoms with E-state index in [-0.39, 0.29) is 5.41 Å². The number of Topliss-reactive ketones (excluding diaryl/α,β-unsaturated/α-hetero) is 1. The van der Waals surface area contributed by atoms with Crippen molar-refractivity contribution in [2.75, 3.05) is 7.11 Å². The lowest BCUT2D eigenvalue weighted by Gasteiger charge is -2.47. The van der Waals surface area contributed by atoms with Crippen molar-refractivity contribution in [3.8, 4) is 5.75 Å². The maximum Gasteiger partial charge on any atom is 0.139 e. The summed E-state index contributed by atoms with van der Waals surface area (Å²) in [6.45, 7) is 2.23. The summed E-state index contributed by atoms with van der Waals surface area (Å²) in [6, 6.07) is 6.50. The van der Waals surface area contributed by atoms with E-state index in [1.165, 1.54) is 17.5 Å². The molecular formula is C20H24O2. The minimum absolute atomic E-state index is 0.0823. The molecule has 0 radical (unpaired) electrons. The van der Waals surface area contributed by atoms with Gasteiger partial charge in [0.15, 0.2) is 0 Å². The maximum absolute atomic E-state index is 12.5. The molecule has 1 aromatic carbocycles. The van der Waals surface area contributed by atoms with E-state index in [1.807, 2.05) is 0 Å². The van der Waals surface area contributed by atoms with E-state index in [4.69, 9.17) is 4.74 Å². The quantitative estimate of drug-likeness (QED) is 0.759. The zero-order valence-electron chi connectivity index (χ0n) is 13.6. The van der Waals surface area contributed by atoms with Crippen molar-refractivity contribution in [2.24, 2.45) is 11.3 Å². The number of benzene rings is 1. The van der Waals surface area contributed by atoms with Crippen LogP contribution in [0.2, 0.25) is 0 Å². The molecule has 0 aliphatic heterocycles. The minimum Gasteiger partial charge on any atom is -0.497 e. The summed E-state index contributed by atoms with van der Waals surface area (Å²) in [5, 5.41) is 0. The Kier molecular flexibility index (Phi) is 3.18. The summed E-state index contributed by atoms with van der Waals surface area (Å²) in [6.07, 6.45) is 7.38. The van der Waals surface area contributed by atoms with E-state index in [2.05, 4.69) is 25.1 Å². The Hall–Kier alpha value is -1.57. The Morgan fingerprint density at radius 1 is 1.18 bits per heavy atom. The Morgan fingerprint density at radius 3 is 2.86 bits per heavy atom. The predicted octanol–water partition coefficient (Wildman–Crippen LogP) is 4.56. The molecule has 2 nitrogen and oxygen atoms in total. The van der Waals surface area contributed by atoms with Crippen LogP contribution in [0.5, 0.6) is 5.75 Å². The van der Waals surface area contributed by atoms with Gasteiger partial charge < -0.3 is 4.74 Å². The van der Waals surface area contributed by atoms with Gasteiger partial charge in [-0.15, -0.1) is 0 Å². The number of methoxy groups -OCH3 is 1. The number of hydrogen-bond acceptors (Lipinski definition) is 2. The number of aryl methyl sites for hydroxylation is 1. The van der Waals surface area contributed by atoms with E-state index in [1.54, 1.807) is 18.3 Å². The fraction of sp³-hybridized carbons (Fsp3) is 0.550. The fourth-order valence-electron chi connectivity index (χ4n) is 4.99. The highest BCUT2D eigenvalue weighted by atomic mass is 16.5. The fourth-order valence-corrected chi connectivity index (χ4v) is 4.99. The Labute approximate surface area is 132 Å². The lowest BCUT2D eigenvalue weighted by molar-refractivity contribution is -0.133. The smallest absolute Gasteiger partial charge is 0.139 e. The molecule has 1 fully saturated rings. The van der Waals surface area contributed by atoms with Crippen LogP contribution in [0.3, 0.4) is 0 Å². The number of carbonyl (C=O) groups excluding carboxylic acids is 1. The van der Waals surface area contributed by atoms with Gasteiger partial charge in [-0.25, -0.2) is 0 Å². The number of ether oxygens (including phenoxy) is 1. The summed E-state index contributed by atoms with van der Waals surface area (Å²) in [5.41, 5.74) is 5.90. The Morgan fingerprint density at radius 2 is 2.05 bits per heavy atom. The molecule has 2 heteroatoms. The zero-order valence-corrected chi connectivity index (χ0v) is 13.6. The second-order valence-corrected chi connectivity index (χ2v) is 7.31. The molecule has 0 aromatic heterocycles. The lowest BCUT2D eigenvalue weighted by Crippen LogP contribution is -2.43. The minimum atomic E-state index is -0.0823. The molecule has 116 valence electrons. The molecule has 2 atom stereocenters. The van der Waals surface area contributed by atoms with E-state index < -0.39 is 0 Å². The van der Waals surface area contributed by atoms with Crippen LogP contribution in [0.15, 0.2) is 23.8 Å². The molecule has 0 N–H and O–H groups in total. The highest BCUT2D eigenvalue weighted by Gasteiger charge is 2.48. The first-order valence-electron chi connectivity index (χ1n) is 8.56. The van der Waals surface area contributed by atoms with Crippen molar-refractivity contribution in [1.82, 2.24) is 0 Å². The van der Waals surface area contributed by atoms with Gasteiger partial charge in [-0.2, -0.15) is 0 Å². The number of allylic oxidation sites excluding steroid dienone is 2. The molecule has 0 spiro atoms. The van der Waals surface area contributed by atoms with Crippen LogP contribution >= 0.6 is 0 Å². The summed E-state index contributed by atoms with van der Waals surface area (Å²) in [4.78, 5) is 12.5. The number of rotatable bonds is 1. The largest absolute Gasteiger partial charge is 0.497 e. The van der Waals surface area contributed by atoms with Gasteiger partial charge in [-0.05, 0) is 73.3 Å². The topological polar surface area (TPSA) is 26.3 Å². The van der Waals surface area contributed by atoms with Crippen LogP contribution in [-0.4, -0.2) is 12.9 Å². The van der Waals surface area contributed by atoms with E-state index >= 15 is 0 Å². The van der Waals surface area contributed by atoms with Gasteiger partial charge in [0.1, 0.15) is 11.5 Å². The van der Waals surface area contributed by atoms with E-state index in [0.29, 0.717) is 11.7 Å². The average Bonchev–Trinajstić information content (AvgIpc) is 2.55. The molecule has 0 amide bonds. The highest BCUT2D eigenvalue weighted by Crippen LogP contribution is 2.55. The molecular weight excluding hydrogens is 272 g/mol. The maximum atomic E-state index is 12.5. The van der Waals surface area contributed by atoms with Crippen molar-refractivity contribution in [3.05, 3.63) is 34.9 Å². The van der Waals surface area contributed by atoms with E-state index in [0.717, 1.165) is 44.3 Å². The third kappa shape index (κ3) is 1.89. The third-order valence-electron chi connectivity index (χ3n) is 6.31. The molecule has 1 aromatic rings. The van der Waals surface area contributed by atoms with Crippen molar-refractivity contribution >= 4 is 11.4 Å². The standard InChI is InChI=1S/C20H24O2/c1-20-11-10-16-15-9-7-14(22-2)12-13(15)6-8-17(16)18(20)4-3-5-19(20)21/h7,9,12,18H,3-6,8,10-11H2,1-2H3/t18-,20-/m0/s1. The third-order valence-corrected chi connectivity index (χ3v) is 6.31. The van der Waals surface area contributed by atoms with Gasteiger partial charge >= 0.3 is 0 Å². The van der Waals surface area contributed by atoms with Crippen molar-refractivity contribution in [2.45, 2.75) is 51.9 Å². The first-order chi connectivity index (χ1) is 10.6. The van der Waals surface area contributed by atoms with Crippen molar-refractivity contribution < 1.29 is 9.53 Å². The Bertz CT molecular complexity index is 670. The first kappa shape index (κ1) is 14.0. The van der Waals surface area contributed by atoms with Crippen LogP contribution in [0, 0.1) is 11.3 Å². The van der Waals surface area contributed by atoms with Crippen molar-refractivity contribution in [1.29, 1.82) is 0 Å². The van der Waals surface area contributed by atoms with Gasteiger partial charge in [0.2, 0.25) is 0 Å². The number of hydrogen-bond donors (Lipinski definition) is 0. The molecule has 0 bridgehead atoms. The molecule has 0 unspecified atom stereocenters. The molecule has 22 heavy (non-hydrogen) atoms. The molecule has 0 saturated heterocycles. The van der Waals surface area contributed by atoms with Crippen LogP contribution in [-0.2, 0) is 11.2 Å². The van der Waals surface area contributed by atoms with Gasteiger partial charge in [0.05, 0.1) is 7.11 Å². The normalized spacial score (nSPS) is 30.5. The number of carbonyl (C=O) groups is 1. The second-order valence-electron chi connectivity index (χ2n) is 7.31. The van der Waals surface area contributed by atoms with Crippen molar-refractivity contribution in [3.63, 3.8) is 0 Å². The van der Waals surface area contributed by atoms with Gasteiger partial charge in [-0.3, -0.25) is 4.79 Å². The van der Waals surface area contributed by atoms with Crippen LogP contribution < -0.4 is 4.74 Å².